The lowest BCUT2D eigenvalue weighted by atomic mass is 10.1. The molecule has 3 rings (SSSR count). The molecule has 1 aliphatic heterocycles. The maximum absolute atomic E-state index is 13.4. The first-order chi connectivity index (χ1) is 11.5. The number of halogens is 2. The van der Waals surface area contributed by atoms with Crippen LogP contribution in [0.25, 0.3) is 0 Å². The smallest absolute Gasteiger partial charge is 0.267 e. The molecule has 0 fully saturated rings. The molecular weight excluding hydrogens is 316 g/mol. The molecule has 2 aromatic carbocycles. The largest absolute Gasteiger partial charge is 0.485 e. The van der Waals surface area contributed by atoms with E-state index in [1.807, 2.05) is 6.07 Å². The van der Waals surface area contributed by atoms with Crippen molar-refractivity contribution in [2.45, 2.75) is 19.1 Å². The Kier molecular flexibility index (Phi) is 4.38. The third-order valence-corrected chi connectivity index (χ3v) is 4.14. The fraction of sp³-hybridized carbons (Fsp3) is 0.278. The lowest BCUT2D eigenvalue weighted by Crippen LogP contribution is -2.45. The highest BCUT2D eigenvalue weighted by molar-refractivity contribution is 5.82. The highest BCUT2D eigenvalue weighted by Crippen LogP contribution is 2.32. The quantitative estimate of drug-likeness (QED) is 0.865. The van der Waals surface area contributed by atoms with Gasteiger partial charge in [-0.15, -0.1) is 0 Å². The fourth-order valence-corrected chi connectivity index (χ4v) is 2.56. The molecule has 1 aliphatic rings. The van der Waals surface area contributed by atoms with E-state index in [0.717, 1.165) is 12.1 Å². The molecule has 4 nitrogen and oxygen atoms in total. The SMILES string of the molecule is CC(c1ccc(F)c(F)c1)N(C)C(=O)C1COc2ccccc2O1. The number of para-hydroxylation sites is 2. The minimum Gasteiger partial charge on any atom is -0.485 e. The van der Waals surface area contributed by atoms with E-state index < -0.39 is 23.8 Å². The molecule has 0 aromatic heterocycles. The van der Waals surface area contributed by atoms with Crippen LogP contribution in [-0.2, 0) is 4.79 Å². The van der Waals surface area contributed by atoms with Crippen molar-refractivity contribution in [2.75, 3.05) is 13.7 Å². The van der Waals surface area contributed by atoms with Crippen LogP contribution in [0.15, 0.2) is 42.5 Å². The topological polar surface area (TPSA) is 38.8 Å². The highest BCUT2D eigenvalue weighted by Gasteiger charge is 2.31. The van der Waals surface area contributed by atoms with Gasteiger partial charge in [-0.05, 0) is 36.8 Å². The van der Waals surface area contributed by atoms with Crippen molar-refractivity contribution in [2.24, 2.45) is 0 Å². The second-order valence-corrected chi connectivity index (χ2v) is 5.66. The molecule has 2 aromatic rings. The summed E-state index contributed by atoms with van der Waals surface area (Å²) in [4.78, 5) is 14.1. The van der Waals surface area contributed by atoms with E-state index in [0.29, 0.717) is 17.1 Å². The van der Waals surface area contributed by atoms with Crippen LogP contribution in [-0.4, -0.2) is 30.6 Å². The van der Waals surface area contributed by atoms with Crippen LogP contribution in [0.5, 0.6) is 11.5 Å². The van der Waals surface area contributed by atoms with E-state index in [9.17, 15) is 13.6 Å². The molecule has 0 radical (unpaired) electrons. The summed E-state index contributed by atoms with van der Waals surface area (Å²) in [5, 5.41) is 0. The average molecular weight is 333 g/mol. The predicted octanol–water partition coefficient (Wildman–Crippen LogP) is 3.32. The summed E-state index contributed by atoms with van der Waals surface area (Å²) < 4.78 is 37.7. The fourth-order valence-electron chi connectivity index (χ4n) is 2.56. The molecule has 24 heavy (non-hydrogen) atoms. The summed E-state index contributed by atoms with van der Waals surface area (Å²) in [6.45, 7) is 1.84. The molecule has 0 saturated heterocycles. The summed E-state index contributed by atoms with van der Waals surface area (Å²) in [6, 6.07) is 10.3. The Hall–Kier alpha value is -2.63. The third-order valence-electron chi connectivity index (χ3n) is 4.14. The normalized spacial score (nSPS) is 17.2. The molecule has 0 N–H and O–H groups in total. The van der Waals surface area contributed by atoms with Gasteiger partial charge in [-0.1, -0.05) is 18.2 Å². The number of carbonyl (C=O) groups excluding carboxylic acids is 1. The van der Waals surface area contributed by atoms with E-state index in [2.05, 4.69) is 0 Å². The van der Waals surface area contributed by atoms with E-state index in [1.54, 1.807) is 32.2 Å². The summed E-state index contributed by atoms with van der Waals surface area (Å²) in [5.41, 5.74) is 0.502. The molecule has 2 unspecified atom stereocenters. The summed E-state index contributed by atoms with van der Waals surface area (Å²) in [7, 11) is 1.60. The van der Waals surface area contributed by atoms with Crippen molar-refractivity contribution in [1.82, 2.24) is 4.90 Å². The van der Waals surface area contributed by atoms with Crippen LogP contribution < -0.4 is 9.47 Å². The summed E-state index contributed by atoms with van der Waals surface area (Å²) >= 11 is 0. The lowest BCUT2D eigenvalue weighted by Gasteiger charge is -2.32. The van der Waals surface area contributed by atoms with Gasteiger partial charge in [0.15, 0.2) is 23.1 Å². The first-order valence-electron chi connectivity index (χ1n) is 7.57. The minimum atomic E-state index is -0.939. The van der Waals surface area contributed by atoms with Gasteiger partial charge in [-0.3, -0.25) is 4.79 Å². The highest BCUT2D eigenvalue weighted by atomic mass is 19.2. The van der Waals surface area contributed by atoms with Crippen molar-refractivity contribution < 1.29 is 23.0 Å². The van der Waals surface area contributed by atoms with E-state index >= 15 is 0 Å². The number of nitrogens with zero attached hydrogens (tertiary/aromatic N) is 1. The standard InChI is InChI=1S/C18H17F2NO3/c1-11(12-7-8-13(19)14(20)9-12)21(2)18(22)17-10-23-15-5-3-4-6-16(15)24-17/h3-9,11,17H,10H2,1-2H3. The molecular formula is C18H17F2NO3. The molecule has 0 aliphatic carbocycles. The second-order valence-electron chi connectivity index (χ2n) is 5.66. The Labute approximate surface area is 138 Å². The number of rotatable bonds is 3. The van der Waals surface area contributed by atoms with Gasteiger partial charge >= 0.3 is 0 Å². The van der Waals surface area contributed by atoms with Gasteiger partial charge in [0.25, 0.3) is 5.91 Å². The number of likely N-dealkylation sites (N-methyl/N-ethyl adjacent to an activating group) is 1. The number of benzene rings is 2. The molecule has 0 saturated carbocycles. The van der Waals surface area contributed by atoms with Crippen LogP contribution >= 0.6 is 0 Å². The number of hydrogen-bond acceptors (Lipinski definition) is 3. The van der Waals surface area contributed by atoms with E-state index in [1.165, 1.54) is 11.0 Å². The van der Waals surface area contributed by atoms with Crippen LogP contribution in [0.1, 0.15) is 18.5 Å². The molecule has 126 valence electrons. The van der Waals surface area contributed by atoms with E-state index in [4.69, 9.17) is 9.47 Å². The average Bonchev–Trinajstić information content (AvgIpc) is 2.61. The third kappa shape index (κ3) is 3.04. The Balaban J connectivity index is 1.74. The van der Waals surface area contributed by atoms with Crippen molar-refractivity contribution in [3.8, 4) is 11.5 Å². The number of carbonyl (C=O) groups is 1. The first kappa shape index (κ1) is 16.2. The van der Waals surface area contributed by atoms with Gasteiger partial charge < -0.3 is 14.4 Å². The monoisotopic (exact) mass is 333 g/mol. The van der Waals surface area contributed by atoms with Crippen molar-refractivity contribution in [1.29, 1.82) is 0 Å². The molecule has 0 spiro atoms. The maximum atomic E-state index is 13.4. The zero-order chi connectivity index (χ0) is 17.3. The summed E-state index contributed by atoms with van der Waals surface area (Å²) in [5.74, 6) is -1.04. The minimum absolute atomic E-state index is 0.102. The number of fused-ring (bicyclic) bond motifs is 1. The van der Waals surface area contributed by atoms with Crippen LogP contribution in [0.3, 0.4) is 0 Å². The maximum Gasteiger partial charge on any atom is 0.267 e. The second kappa shape index (κ2) is 6.47. The molecule has 6 heteroatoms. The number of amides is 1. The lowest BCUT2D eigenvalue weighted by molar-refractivity contribution is -0.141. The molecule has 1 amide bonds. The van der Waals surface area contributed by atoms with Crippen molar-refractivity contribution in [3.63, 3.8) is 0 Å². The van der Waals surface area contributed by atoms with Gasteiger partial charge in [0.1, 0.15) is 6.61 Å². The van der Waals surface area contributed by atoms with Gasteiger partial charge in [0.05, 0.1) is 6.04 Å². The van der Waals surface area contributed by atoms with Gasteiger partial charge in [0, 0.05) is 7.05 Å². The van der Waals surface area contributed by atoms with Gasteiger partial charge in [-0.2, -0.15) is 0 Å². The first-order valence-corrected chi connectivity index (χ1v) is 7.57. The number of hydrogen-bond donors (Lipinski definition) is 0. The zero-order valence-corrected chi connectivity index (χ0v) is 13.3. The number of ether oxygens (including phenoxy) is 2. The van der Waals surface area contributed by atoms with E-state index in [-0.39, 0.29) is 12.5 Å². The zero-order valence-electron chi connectivity index (χ0n) is 13.3. The van der Waals surface area contributed by atoms with Crippen LogP contribution in [0.4, 0.5) is 8.78 Å². The van der Waals surface area contributed by atoms with Crippen LogP contribution in [0.2, 0.25) is 0 Å². The summed E-state index contributed by atoms with van der Waals surface area (Å²) in [6.07, 6.45) is -0.780. The van der Waals surface area contributed by atoms with Crippen molar-refractivity contribution >= 4 is 5.91 Å². The molecule has 2 atom stereocenters. The molecule has 0 bridgehead atoms. The Morgan fingerprint density at radius 2 is 1.88 bits per heavy atom. The van der Waals surface area contributed by atoms with Crippen LogP contribution in [0, 0.1) is 11.6 Å². The Bertz CT molecular complexity index is 766. The molecule has 1 heterocycles. The van der Waals surface area contributed by atoms with Gasteiger partial charge in [-0.25, -0.2) is 8.78 Å². The Morgan fingerprint density at radius 3 is 2.58 bits per heavy atom. The Morgan fingerprint density at radius 1 is 1.17 bits per heavy atom. The van der Waals surface area contributed by atoms with Gasteiger partial charge in [0.2, 0.25) is 6.10 Å². The van der Waals surface area contributed by atoms with Crippen molar-refractivity contribution in [3.05, 3.63) is 59.7 Å². The predicted molar refractivity (Wildman–Crippen MR) is 83.9 cm³/mol.